The molecule has 0 saturated carbocycles. The number of hydrogen-bond acceptors (Lipinski definition) is 4. The number of nitrogens with zero attached hydrogens (tertiary/aromatic N) is 1. The fraction of sp³-hybridized carbons (Fsp3) is 0.250. The molecule has 0 amide bonds. The summed E-state index contributed by atoms with van der Waals surface area (Å²) >= 11 is 7.55. The zero-order chi connectivity index (χ0) is 11.8. The van der Waals surface area contributed by atoms with Crippen molar-refractivity contribution in [2.45, 2.75) is 18.6 Å². The van der Waals surface area contributed by atoms with Crippen molar-refractivity contribution in [2.75, 3.05) is 0 Å². The third kappa shape index (κ3) is 2.04. The number of rotatable bonds is 1. The van der Waals surface area contributed by atoms with E-state index in [0.29, 0.717) is 5.02 Å². The number of fused-ring (bicyclic) bond motifs is 1. The smallest absolute Gasteiger partial charge is 0.136 e. The third-order valence-corrected chi connectivity index (χ3v) is 3.98. The van der Waals surface area contributed by atoms with Crippen molar-refractivity contribution >= 4 is 22.9 Å². The lowest BCUT2D eigenvalue weighted by atomic mass is 9.97. The molecule has 2 unspecified atom stereocenters. The SMILES string of the molecule is NC1CC(c2cncs2)Oc2ccc(Cl)cc21. The molecule has 2 N–H and O–H groups in total. The standard InChI is InChI=1S/C12H11ClN2OS/c13-7-1-2-10-8(3-7)9(14)4-11(16-10)12-5-15-6-17-12/h1-3,5-6,9,11H,4,14H2. The van der Waals surface area contributed by atoms with Crippen LogP contribution in [0.1, 0.15) is 29.0 Å². The van der Waals surface area contributed by atoms with Crippen molar-refractivity contribution in [1.82, 2.24) is 4.98 Å². The van der Waals surface area contributed by atoms with Gasteiger partial charge in [-0.25, -0.2) is 0 Å². The van der Waals surface area contributed by atoms with E-state index >= 15 is 0 Å². The van der Waals surface area contributed by atoms with Crippen LogP contribution in [0, 0.1) is 0 Å². The Morgan fingerprint density at radius 3 is 3.12 bits per heavy atom. The molecular weight excluding hydrogens is 256 g/mol. The highest BCUT2D eigenvalue weighted by molar-refractivity contribution is 7.09. The van der Waals surface area contributed by atoms with Crippen LogP contribution >= 0.6 is 22.9 Å². The average molecular weight is 267 g/mol. The monoisotopic (exact) mass is 266 g/mol. The number of thiazole rings is 1. The lowest BCUT2D eigenvalue weighted by Gasteiger charge is -2.29. The first-order chi connectivity index (χ1) is 8.24. The van der Waals surface area contributed by atoms with Crippen molar-refractivity contribution < 1.29 is 4.74 Å². The van der Waals surface area contributed by atoms with E-state index < -0.39 is 0 Å². The van der Waals surface area contributed by atoms with Gasteiger partial charge in [-0.15, -0.1) is 11.3 Å². The van der Waals surface area contributed by atoms with Gasteiger partial charge in [0.1, 0.15) is 11.9 Å². The lowest BCUT2D eigenvalue weighted by molar-refractivity contribution is 0.165. The van der Waals surface area contributed by atoms with Crippen molar-refractivity contribution in [3.8, 4) is 5.75 Å². The van der Waals surface area contributed by atoms with Gasteiger partial charge < -0.3 is 10.5 Å². The largest absolute Gasteiger partial charge is 0.484 e. The number of halogens is 1. The molecule has 2 heterocycles. The predicted octanol–water partition coefficient (Wildman–Crippen LogP) is 3.32. The molecule has 0 saturated heterocycles. The molecule has 17 heavy (non-hydrogen) atoms. The highest BCUT2D eigenvalue weighted by Gasteiger charge is 2.27. The number of nitrogens with two attached hydrogens (primary N) is 1. The van der Waals surface area contributed by atoms with E-state index in [-0.39, 0.29) is 12.1 Å². The molecule has 0 bridgehead atoms. The summed E-state index contributed by atoms with van der Waals surface area (Å²) in [4.78, 5) is 5.18. The van der Waals surface area contributed by atoms with Gasteiger partial charge in [-0.3, -0.25) is 4.98 Å². The molecular formula is C12H11ClN2OS. The van der Waals surface area contributed by atoms with E-state index in [2.05, 4.69) is 4.98 Å². The zero-order valence-corrected chi connectivity index (χ0v) is 10.5. The second-order valence-corrected chi connectivity index (χ2v) is 5.39. The molecule has 88 valence electrons. The van der Waals surface area contributed by atoms with Gasteiger partial charge in [0.05, 0.1) is 10.4 Å². The maximum absolute atomic E-state index is 6.16. The minimum absolute atomic E-state index is 0.00572. The van der Waals surface area contributed by atoms with Gasteiger partial charge in [-0.05, 0) is 18.2 Å². The van der Waals surface area contributed by atoms with Gasteiger partial charge in [-0.2, -0.15) is 0 Å². The quantitative estimate of drug-likeness (QED) is 0.861. The van der Waals surface area contributed by atoms with Crippen LogP contribution in [0.3, 0.4) is 0 Å². The van der Waals surface area contributed by atoms with Crippen LogP contribution in [0.5, 0.6) is 5.75 Å². The van der Waals surface area contributed by atoms with Crippen molar-refractivity contribution in [1.29, 1.82) is 0 Å². The lowest BCUT2D eigenvalue weighted by Crippen LogP contribution is -2.23. The highest BCUT2D eigenvalue weighted by Crippen LogP contribution is 2.41. The molecule has 1 aliphatic rings. The molecule has 0 fully saturated rings. The molecule has 1 aliphatic heterocycles. The number of aromatic nitrogens is 1. The normalized spacial score (nSPS) is 22.9. The van der Waals surface area contributed by atoms with E-state index in [1.54, 1.807) is 11.3 Å². The molecule has 1 aromatic carbocycles. The maximum atomic E-state index is 6.16. The Balaban J connectivity index is 1.96. The van der Waals surface area contributed by atoms with Gasteiger partial charge in [0.15, 0.2) is 0 Å². The van der Waals surface area contributed by atoms with E-state index in [1.165, 1.54) is 0 Å². The second kappa shape index (κ2) is 4.29. The number of benzene rings is 1. The van der Waals surface area contributed by atoms with E-state index in [1.807, 2.05) is 29.9 Å². The summed E-state index contributed by atoms with van der Waals surface area (Å²) in [5.74, 6) is 0.826. The molecule has 3 nitrogen and oxygen atoms in total. The minimum Gasteiger partial charge on any atom is -0.484 e. The molecule has 0 radical (unpaired) electrons. The summed E-state index contributed by atoms with van der Waals surface area (Å²) in [5, 5.41) is 0.694. The Bertz CT molecular complexity index is 529. The van der Waals surface area contributed by atoms with Gasteiger partial charge in [0.25, 0.3) is 0 Å². The number of hydrogen-bond donors (Lipinski definition) is 1. The van der Waals surface area contributed by atoms with Crippen molar-refractivity contribution in [2.24, 2.45) is 5.73 Å². The Hall–Kier alpha value is -1.10. The molecule has 5 heteroatoms. The van der Waals surface area contributed by atoms with Crippen LogP contribution in [-0.4, -0.2) is 4.98 Å². The third-order valence-electron chi connectivity index (χ3n) is 2.88. The maximum Gasteiger partial charge on any atom is 0.136 e. The first-order valence-corrected chi connectivity index (χ1v) is 6.60. The minimum atomic E-state index is -0.0375. The fourth-order valence-corrected chi connectivity index (χ4v) is 2.88. The van der Waals surface area contributed by atoms with Crippen LogP contribution in [0.4, 0.5) is 0 Å². The van der Waals surface area contributed by atoms with Crippen LogP contribution in [0.15, 0.2) is 29.9 Å². The molecule has 0 spiro atoms. The van der Waals surface area contributed by atoms with Gasteiger partial charge in [-0.1, -0.05) is 11.6 Å². The van der Waals surface area contributed by atoms with Crippen LogP contribution in [-0.2, 0) is 0 Å². The summed E-state index contributed by atoms with van der Waals surface area (Å²) < 4.78 is 5.93. The van der Waals surface area contributed by atoms with Crippen molar-refractivity contribution in [3.05, 3.63) is 45.4 Å². The summed E-state index contributed by atoms with van der Waals surface area (Å²) in [7, 11) is 0. The van der Waals surface area contributed by atoms with Gasteiger partial charge in [0, 0.05) is 29.2 Å². The summed E-state index contributed by atoms with van der Waals surface area (Å²) in [6, 6.07) is 5.54. The molecule has 3 rings (SSSR count). The topological polar surface area (TPSA) is 48.1 Å². The molecule has 2 atom stereocenters. The van der Waals surface area contributed by atoms with Crippen LogP contribution < -0.4 is 10.5 Å². The molecule has 0 aliphatic carbocycles. The van der Waals surface area contributed by atoms with Gasteiger partial charge in [0.2, 0.25) is 0 Å². The zero-order valence-electron chi connectivity index (χ0n) is 8.97. The fourth-order valence-electron chi connectivity index (χ4n) is 2.03. The Morgan fingerprint density at radius 1 is 1.47 bits per heavy atom. The van der Waals surface area contributed by atoms with E-state index in [0.717, 1.165) is 22.6 Å². The van der Waals surface area contributed by atoms with Crippen LogP contribution in [0.2, 0.25) is 5.02 Å². The Kier molecular flexibility index (Phi) is 2.78. The highest BCUT2D eigenvalue weighted by atomic mass is 35.5. The first-order valence-electron chi connectivity index (χ1n) is 5.34. The van der Waals surface area contributed by atoms with E-state index in [4.69, 9.17) is 22.1 Å². The van der Waals surface area contributed by atoms with Crippen LogP contribution in [0.25, 0.3) is 0 Å². The Labute approximate surface area is 108 Å². The summed E-state index contributed by atoms with van der Waals surface area (Å²) in [5.41, 5.74) is 8.95. The van der Waals surface area contributed by atoms with Crippen molar-refractivity contribution in [3.63, 3.8) is 0 Å². The first kappa shape index (κ1) is 11.0. The Morgan fingerprint density at radius 2 is 2.35 bits per heavy atom. The molecule has 1 aromatic heterocycles. The molecule has 2 aromatic rings. The summed E-state index contributed by atoms with van der Waals surface area (Å²) in [6.45, 7) is 0. The summed E-state index contributed by atoms with van der Waals surface area (Å²) in [6.07, 6.45) is 2.60. The predicted molar refractivity (Wildman–Crippen MR) is 68.5 cm³/mol. The number of ether oxygens (including phenoxy) is 1. The van der Waals surface area contributed by atoms with E-state index in [9.17, 15) is 0 Å². The van der Waals surface area contributed by atoms with Gasteiger partial charge >= 0.3 is 0 Å². The average Bonchev–Trinajstić information content (AvgIpc) is 2.83. The second-order valence-electron chi connectivity index (χ2n) is 4.03.